The predicted octanol–water partition coefficient (Wildman–Crippen LogP) is 4.68. The van der Waals surface area contributed by atoms with Gasteiger partial charge in [-0.3, -0.25) is 4.79 Å². The molecule has 0 aromatic rings. The molecule has 0 aliphatic carbocycles. The Morgan fingerprint density at radius 3 is 2.30 bits per heavy atom. The molecule has 0 aromatic carbocycles. The molecule has 0 amide bonds. The molecule has 3 unspecified atom stereocenters. The SMILES string of the molecule is C/C=C\CCC(C)(CCCC(C)(O)CCCC(C)C(=O)O)N=O. The molecule has 134 valence electrons. The second-order valence-corrected chi connectivity index (χ2v) is 7.18. The first-order valence-corrected chi connectivity index (χ1v) is 8.56. The van der Waals surface area contributed by atoms with Crippen LogP contribution in [0.5, 0.6) is 0 Å². The highest BCUT2D eigenvalue weighted by Gasteiger charge is 2.27. The first kappa shape index (κ1) is 21.8. The number of hydrogen-bond acceptors (Lipinski definition) is 4. The number of nitroso groups, excluding NO2 is 1. The van der Waals surface area contributed by atoms with E-state index in [2.05, 4.69) is 5.18 Å². The van der Waals surface area contributed by atoms with Crippen LogP contribution in [0, 0.1) is 10.8 Å². The van der Waals surface area contributed by atoms with Crippen molar-refractivity contribution in [2.24, 2.45) is 11.1 Å². The highest BCUT2D eigenvalue weighted by atomic mass is 16.4. The van der Waals surface area contributed by atoms with Crippen molar-refractivity contribution in [3.05, 3.63) is 17.1 Å². The monoisotopic (exact) mass is 327 g/mol. The first-order valence-electron chi connectivity index (χ1n) is 8.56. The lowest BCUT2D eigenvalue weighted by Gasteiger charge is -2.26. The summed E-state index contributed by atoms with van der Waals surface area (Å²) in [5.74, 6) is -1.17. The zero-order valence-electron chi connectivity index (χ0n) is 15.0. The van der Waals surface area contributed by atoms with E-state index in [0.29, 0.717) is 32.1 Å². The molecule has 5 heteroatoms. The molecule has 5 nitrogen and oxygen atoms in total. The van der Waals surface area contributed by atoms with Crippen LogP contribution in [-0.2, 0) is 4.79 Å². The summed E-state index contributed by atoms with van der Waals surface area (Å²) in [7, 11) is 0. The lowest BCUT2D eigenvalue weighted by Crippen LogP contribution is -2.27. The Labute approximate surface area is 140 Å². The van der Waals surface area contributed by atoms with Gasteiger partial charge in [-0.15, -0.1) is 0 Å². The fraction of sp³-hybridized carbons (Fsp3) is 0.833. The Bertz CT molecular complexity index is 392. The molecule has 0 rings (SSSR count). The number of nitrogens with zero attached hydrogens (tertiary/aromatic N) is 1. The van der Waals surface area contributed by atoms with Crippen LogP contribution in [0.25, 0.3) is 0 Å². The van der Waals surface area contributed by atoms with Gasteiger partial charge in [0.25, 0.3) is 0 Å². The van der Waals surface area contributed by atoms with E-state index in [1.807, 2.05) is 26.0 Å². The number of carbonyl (C=O) groups is 1. The van der Waals surface area contributed by atoms with Crippen LogP contribution in [0.3, 0.4) is 0 Å². The van der Waals surface area contributed by atoms with Crippen LogP contribution in [0.4, 0.5) is 0 Å². The van der Waals surface area contributed by atoms with E-state index in [4.69, 9.17) is 5.11 Å². The molecule has 0 aliphatic rings. The maximum Gasteiger partial charge on any atom is 0.306 e. The van der Waals surface area contributed by atoms with E-state index in [-0.39, 0.29) is 5.92 Å². The summed E-state index contributed by atoms with van der Waals surface area (Å²) in [6.07, 6.45) is 9.39. The zero-order chi connectivity index (χ0) is 17.9. The minimum absolute atomic E-state index is 0.375. The number of allylic oxidation sites excluding steroid dienone is 2. The first-order chi connectivity index (χ1) is 10.7. The van der Waals surface area contributed by atoms with Crippen molar-refractivity contribution >= 4 is 5.97 Å². The molecule has 2 N–H and O–H groups in total. The van der Waals surface area contributed by atoms with E-state index in [0.717, 1.165) is 19.3 Å². The lowest BCUT2D eigenvalue weighted by atomic mass is 9.86. The van der Waals surface area contributed by atoms with Gasteiger partial charge in [0.2, 0.25) is 0 Å². The van der Waals surface area contributed by atoms with E-state index in [1.54, 1.807) is 13.8 Å². The number of rotatable bonds is 13. The largest absolute Gasteiger partial charge is 0.481 e. The van der Waals surface area contributed by atoms with Crippen molar-refractivity contribution in [2.75, 3.05) is 0 Å². The zero-order valence-corrected chi connectivity index (χ0v) is 15.0. The van der Waals surface area contributed by atoms with Crippen molar-refractivity contribution < 1.29 is 15.0 Å². The van der Waals surface area contributed by atoms with Gasteiger partial charge in [0, 0.05) is 0 Å². The van der Waals surface area contributed by atoms with E-state index < -0.39 is 17.1 Å². The third-order valence-electron chi connectivity index (χ3n) is 4.51. The summed E-state index contributed by atoms with van der Waals surface area (Å²) >= 11 is 0. The topological polar surface area (TPSA) is 87.0 Å². The van der Waals surface area contributed by atoms with Gasteiger partial charge >= 0.3 is 5.97 Å². The molecular formula is C18H33NO4. The Balaban J connectivity index is 4.15. The van der Waals surface area contributed by atoms with Crippen LogP contribution < -0.4 is 0 Å². The van der Waals surface area contributed by atoms with Gasteiger partial charge in [-0.25, -0.2) is 0 Å². The number of carboxylic acid groups (broad SMARTS) is 1. The number of aliphatic hydroxyl groups is 1. The molecule has 0 heterocycles. The highest BCUT2D eigenvalue weighted by molar-refractivity contribution is 5.69. The van der Waals surface area contributed by atoms with Gasteiger partial charge in [-0.05, 0) is 72.1 Å². The molecule has 0 bridgehead atoms. The Morgan fingerprint density at radius 1 is 1.17 bits per heavy atom. The molecule has 0 saturated carbocycles. The summed E-state index contributed by atoms with van der Waals surface area (Å²) in [6, 6.07) is 0. The van der Waals surface area contributed by atoms with Crippen molar-refractivity contribution in [1.29, 1.82) is 0 Å². The van der Waals surface area contributed by atoms with Gasteiger partial charge in [0.15, 0.2) is 0 Å². The molecule has 3 atom stereocenters. The smallest absolute Gasteiger partial charge is 0.306 e. The summed E-state index contributed by atoms with van der Waals surface area (Å²) in [4.78, 5) is 21.9. The maximum absolute atomic E-state index is 11.1. The summed E-state index contributed by atoms with van der Waals surface area (Å²) in [5, 5.41) is 22.5. The number of carboxylic acids is 1. The molecule has 23 heavy (non-hydrogen) atoms. The maximum atomic E-state index is 11.1. The van der Waals surface area contributed by atoms with Crippen molar-refractivity contribution in [2.45, 2.75) is 90.2 Å². The third-order valence-corrected chi connectivity index (χ3v) is 4.51. The highest BCUT2D eigenvalue weighted by Crippen LogP contribution is 2.28. The Morgan fingerprint density at radius 2 is 1.78 bits per heavy atom. The molecule has 0 fully saturated rings. The standard InChI is InChI=1S/C18H33NO4/c1-5-6-7-11-17(3,19-23)12-9-14-18(4,22)13-8-10-15(2)16(20)21/h5-6,15,22H,7-14H2,1-4H3,(H,20,21)/b6-5-. The van der Waals surface area contributed by atoms with Crippen LogP contribution in [0.15, 0.2) is 17.3 Å². The summed E-state index contributed by atoms with van der Waals surface area (Å²) < 4.78 is 0. The molecule has 0 aliphatic heterocycles. The summed E-state index contributed by atoms with van der Waals surface area (Å²) in [6.45, 7) is 7.29. The normalized spacial score (nSPS) is 18.3. The van der Waals surface area contributed by atoms with E-state index in [9.17, 15) is 14.8 Å². The molecule has 0 aromatic heterocycles. The molecule has 0 saturated heterocycles. The fourth-order valence-electron chi connectivity index (χ4n) is 2.66. The molecular weight excluding hydrogens is 294 g/mol. The molecule has 0 spiro atoms. The van der Waals surface area contributed by atoms with Crippen LogP contribution in [0.1, 0.15) is 79.1 Å². The minimum Gasteiger partial charge on any atom is -0.481 e. The van der Waals surface area contributed by atoms with E-state index >= 15 is 0 Å². The Hall–Kier alpha value is -1.23. The van der Waals surface area contributed by atoms with Crippen molar-refractivity contribution in [1.82, 2.24) is 0 Å². The lowest BCUT2D eigenvalue weighted by molar-refractivity contribution is -0.141. The van der Waals surface area contributed by atoms with Crippen LogP contribution in [-0.4, -0.2) is 27.3 Å². The van der Waals surface area contributed by atoms with E-state index in [1.165, 1.54) is 0 Å². The number of hydrogen-bond donors (Lipinski definition) is 2. The van der Waals surface area contributed by atoms with Gasteiger partial charge in [-0.1, -0.05) is 24.3 Å². The van der Waals surface area contributed by atoms with Gasteiger partial charge in [-0.2, -0.15) is 4.91 Å². The fourth-order valence-corrected chi connectivity index (χ4v) is 2.66. The number of aliphatic carboxylic acids is 1. The van der Waals surface area contributed by atoms with Gasteiger partial charge in [0.1, 0.15) is 5.54 Å². The van der Waals surface area contributed by atoms with Gasteiger partial charge < -0.3 is 10.2 Å². The second kappa shape index (κ2) is 10.5. The van der Waals surface area contributed by atoms with Crippen LogP contribution >= 0.6 is 0 Å². The second-order valence-electron chi connectivity index (χ2n) is 7.18. The quantitative estimate of drug-likeness (QED) is 0.380. The Kier molecular flexibility index (Phi) is 9.96. The van der Waals surface area contributed by atoms with Crippen molar-refractivity contribution in [3.8, 4) is 0 Å². The van der Waals surface area contributed by atoms with Crippen LogP contribution in [0.2, 0.25) is 0 Å². The van der Waals surface area contributed by atoms with Crippen molar-refractivity contribution in [3.63, 3.8) is 0 Å². The predicted molar refractivity (Wildman–Crippen MR) is 93.4 cm³/mol. The molecule has 0 radical (unpaired) electrons. The summed E-state index contributed by atoms with van der Waals surface area (Å²) in [5.41, 5.74) is -1.39. The third kappa shape index (κ3) is 10.2. The minimum atomic E-state index is -0.814. The van der Waals surface area contributed by atoms with Gasteiger partial charge in [0.05, 0.1) is 11.5 Å². The average molecular weight is 327 g/mol. The average Bonchev–Trinajstić information content (AvgIpc) is 2.46.